The number of nitrogens with one attached hydrogen (secondary N) is 2. The Morgan fingerprint density at radius 3 is 2.61 bits per heavy atom. The Kier molecular flexibility index (Phi) is 4.76. The van der Waals surface area contributed by atoms with Crippen molar-refractivity contribution >= 4 is 23.4 Å². The molecule has 1 aliphatic heterocycles. The molecule has 1 aromatic carbocycles. The number of hydrogen-bond acceptors (Lipinski definition) is 4. The average molecular weight is 386 g/mol. The van der Waals surface area contributed by atoms with E-state index >= 15 is 0 Å². The SMILES string of the molecule is NC1(C(=O)N2CCC(n3nccc3NC(=O)Nc3cccc(F)c3)CC2)CC1. The van der Waals surface area contributed by atoms with Crippen molar-refractivity contribution in [1.82, 2.24) is 14.7 Å². The minimum Gasteiger partial charge on any atom is -0.341 e. The van der Waals surface area contributed by atoms with Crippen LogP contribution in [0.5, 0.6) is 0 Å². The fraction of sp³-hybridized carbons (Fsp3) is 0.421. The summed E-state index contributed by atoms with van der Waals surface area (Å²) < 4.78 is 15.0. The number of hydrogen-bond donors (Lipinski definition) is 3. The van der Waals surface area contributed by atoms with Gasteiger partial charge in [0.15, 0.2) is 0 Å². The minimum absolute atomic E-state index is 0.0410. The molecule has 1 saturated carbocycles. The lowest BCUT2D eigenvalue weighted by Gasteiger charge is -2.34. The van der Waals surface area contributed by atoms with Gasteiger partial charge in [-0.2, -0.15) is 5.10 Å². The highest BCUT2D eigenvalue weighted by Crippen LogP contribution is 2.36. The standard InChI is InChI=1S/C19H23FN6O2/c20-13-2-1-3-14(12-13)23-18(28)24-16-4-9-22-26(16)15-5-10-25(11-6-15)17(27)19(21)7-8-19/h1-4,9,12,15H,5-8,10-11,21H2,(H2,23,24,28). The minimum atomic E-state index is -0.639. The molecule has 4 N–H and O–H groups in total. The molecule has 0 atom stereocenters. The zero-order valence-corrected chi connectivity index (χ0v) is 15.4. The molecule has 2 aromatic rings. The highest BCUT2D eigenvalue weighted by molar-refractivity contribution is 5.99. The molecule has 2 fully saturated rings. The molecule has 1 saturated heterocycles. The summed E-state index contributed by atoms with van der Waals surface area (Å²) in [6, 6.07) is 7.00. The number of rotatable bonds is 4. The molecule has 9 heteroatoms. The first-order chi connectivity index (χ1) is 13.4. The summed E-state index contributed by atoms with van der Waals surface area (Å²) in [5.41, 5.74) is 5.74. The van der Waals surface area contributed by atoms with Crippen LogP contribution in [0.15, 0.2) is 36.5 Å². The third-order valence-corrected chi connectivity index (χ3v) is 5.31. The summed E-state index contributed by atoms with van der Waals surface area (Å²) in [5.74, 6) is 0.171. The number of benzene rings is 1. The van der Waals surface area contributed by atoms with E-state index in [1.807, 2.05) is 4.90 Å². The number of nitrogens with two attached hydrogens (primary N) is 1. The summed E-state index contributed by atoms with van der Waals surface area (Å²) >= 11 is 0. The number of carbonyl (C=O) groups is 2. The molecular formula is C19H23FN6O2. The van der Waals surface area contributed by atoms with Gasteiger partial charge in [-0.25, -0.2) is 13.9 Å². The average Bonchev–Trinajstić information content (AvgIpc) is 3.26. The van der Waals surface area contributed by atoms with E-state index in [2.05, 4.69) is 15.7 Å². The molecule has 2 aliphatic rings. The lowest BCUT2D eigenvalue weighted by molar-refractivity contribution is -0.134. The second kappa shape index (κ2) is 7.23. The van der Waals surface area contributed by atoms with Crippen molar-refractivity contribution in [2.45, 2.75) is 37.3 Å². The normalized spacial score (nSPS) is 18.6. The lowest BCUT2D eigenvalue weighted by atomic mass is 10.0. The number of anilines is 2. The van der Waals surface area contributed by atoms with E-state index in [-0.39, 0.29) is 11.9 Å². The Hall–Kier alpha value is -2.94. The molecule has 1 aliphatic carbocycles. The largest absolute Gasteiger partial charge is 0.341 e. The maximum atomic E-state index is 13.2. The van der Waals surface area contributed by atoms with Crippen molar-refractivity contribution in [3.8, 4) is 0 Å². The van der Waals surface area contributed by atoms with Gasteiger partial charge in [0.25, 0.3) is 0 Å². The zero-order valence-electron chi connectivity index (χ0n) is 15.4. The molecule has 8 nitrogen and oxygen atoms in total. The van der Waals surface area contributed by atoms with Gasteiger partial charge in [-0.15, -0.1) is 0 Å². The molecule has 2 heterocycles. The number of nitrogens with zero attached hydrogens (tertiary/aromatic N) is 3. The van der Waals surface area contributed by atoms with Crippen molar-refractivity contribution < 1.29 is 14.0 Å². The van der Waals surface area contributed by atoms with Crippen LogP contribution < -0.4 is 16.4 Å². The topological polar surface area (TPSA) is 105 Å². The summed E-state index contributed by atoms with van der Waals surface area (Å²) in [6.07, 6.45) is 4.63. The third kappa shape index (κ3) is 3.84. The van der Waals surface area contributed by atoms with Crippen LogP contribution in [0, 0.1) is 5.82 Å². The van der Waals surface area contributed by atoms with E-state index in [1.165, 1.54) is 18.2 Å². The van der Waals surface area contributed by atoms with Crippen LogP contribution in [0.25, 0.3) is 0 Å². The molecule has 0 radical (unpaired) electrons. The van der Waals surface area contributed by atoms with E-state index in [1.54, 1.807) is 23.0 Å². The van der Waals surface area contributed by atoms with Crippen LogP contribution in [0.2, 0.25) is 0 Å². The van der Waals surface area contributed by atoms with Crippen molar-refractivity contribution in [3.05, 3.63) is 42.3 Å². The van der Waals surface area contributed by atoms with Gasteiger partial charge in [0.2, 0.25) is 5.91 Å². The molecule has 0 unspecified atom stereocenters. The maximum absolute atomic E-state index is 13.2. The molecule has 1 aromatic heterocycles. The van der Waals surface area contributed by atoms with Gasteiger partial charge >= 0.3 is 6.03 Å². The Morgan fingerprint density at radius 2 is 1.93 bits per heavy atom. The van der Waals surface area contributed by atoms with Crippen LogP contribution in [0.1, 0.15) is 31.7 Å². The van der Waals surface area contributed by atoms with Crippen molar-refractivity contribution in [1.29, 1.82) is 0 Å². The van der Waals surface area contributed by atoms with Gasteiger partial charge in [-0.3, -0.25) is 10.1 Å². The predicted octanol–water partition coefficient (Wildman–Crippen LogP) is 2.32. The van der Waals surface area contributed by atoms with Crippen LogP contribution >= 0.6 is 0 Å². The second-order valence-corrected chi connectivity index (χ2v) is 7.43. The van der Waals surface area contributed by atoms with Gasteiger partial charge in [-0.1, -0.05) is 6.07 Å². The van der Waals surface area contributed by atoms with E-state index in [4.69, 9.17) is 5.73 Å². The van der Waals surface area contributed by atoms with E-state index in [0.29, 0.717) is 24.6 Å². The summed E-state index contributed by atoms with van der Waals surface area (Å²) in [5, 5.41) is 9.68. The number of amides is 3. The molecule has 0 spiro atoms. The van der Waals surface area contributed by atoms with Crippen molar-refractivity contribution in [2.75, 3.05) is 23.7 Å². The van der Waals surface area contributed by atoms with Crippen LogP contribution in [0.4, 0.5) is 20.7 Å². The molecular weight excluding hydrogens is 363 g/mol. The first kappa shape index (κ1) is 18.4. The zero-order chi connectivity index (χ0) is 19.7. The maximum Gasteiger partial charge on any atom is 0.324 e. The van der Waals surface area contributed by atoms with Gasteiger partial charge in [0.1, 0.15) is 11.6 Å². The first-order valence-electron chi connectivity index (χ1n) is 9.40. The number of aromatic nitrogens is 2. The molecule has 3 amide bonds. The fourth-order valence-electron chi connectivity index (χ4n) is 3.53. The second-order valence-electron chi connectivity index (χ2n) is 7.43. The van der Waals surface area contributed by atoms with Crippen LogP contribution in [0.3, 0.4) is 0 Å². The number of piperidine rings is 1. The predicted molar refractivity (Wildman–Crippen MR) is 102 cm³/mol. The lowest BCUT2D eigenvalue weighted by Crippen LogP contribution is -2.49. The summed E-state index contributed by atoms with van der Waals surface area (Å²) in [4.78, 5) is 26.4. The number of urea groups is 1. The molecule has 4 rings (SSSR count). The van der Waals surface area contributed by atoms with Gasteiger partial charge in [0.05, 0.1) is 17.8 Å². The molecule has 148 valence electrons. The highest BCUT2D eigenvalue weighted by Gasteiger charge is 2.48. The highest BCUT2D eigenvalue weighted by atomic mass is 19.1. The molecule has 0 bridgehead atoms. The van der Waals surface area contributed by atoms with E-state index in [0.717, 1.165) is 25.7 Å². The molecule has 28 heavy (non-hydrogen) atoms. The van der Waals surface area contributed by atoms with E-state index in [9.17, 15) is 14.0 Å². The fourth-order valence-corrected chi connectivity index (χ4v) is 3.53. The third-order valence-electron chi connectivity index (χ3n) is 5.31. The Bertz CT molecular complexity index is 886. The smallest absolute Gasteiger partial charge is 0.324 e. The Morgan fingerprint density at radius 1 is 1.18 bits per heavy atom. The summed E-state index contributed by atoms with van der Waals surface area (Å²) in [7, 11) is 0. The number of likely N-dealkylation sites (tertiary alicyclic amines) is 1. The Balaban J connectivity index is 1.35. The van der Waals surface area contributed by atoms with Crippen LogP contribution in [-0.2, 0) is 4.79 Å². The van der Waals surface area contributed by atoms with Crippen LogP contribution in [-0.4, -0.2) is 45.2 Å². The van der Waals surface area contributed by atoms with Gasteiger partial charge in [-0.05, 0) is 43.9 Å². The van der Waals surface area contributed by atoms with Gasteiger partial charge in [0, 0.05) is 24.8 Å². The first-order valence-corrected chi connectivity index (χ1v) is 9.40. The number of halogens is 1. The van der Waals surface area contributed by atoms with Gasteiger partial charge < -0.3 is 16.0 Å². The quantitative estimate of drug-likeness (QED) is 0.750. The van der Waals surface area contributed by atoms with E-state index < -0.39 is 17.4 Å². The number of carbonyl (C=O) groups excluding carboxylic acids is 2. The van der Waals surface area contributed by atoms with Crippen molar-refractivity contribution in [2.24, 2.45) is 5.73 Å². The summed E-state index contributed by atoms with van der Waals surface area (Å²) in [6.45, 7) is 1.24. The monoisotopic (exact) mass is 386 g/mol. The Labute approximate surface area is 161 Å². The van der Waals surface area contributed by atoms with Crippen molar-refractivity contribution in [3.63, 3.8) is 0 Å².